The first-order valence-electron chi connectivity index (χ1n) is 8.18. The highest BCUT2D eigenvalue weighted by Gasteiger charge is 2.22. The van der Waals surface area contributed by atoms with E-state index < -0.39 is 16.0 Å². The number of hydrogen-bond donors (Lipinski definition) is 2. The number of nitrogens with one attached hydrogen (secondary N) is 1. The van der Waals surface area contributed by atoms with Crippen molar-refractivity contribution in [3.05, 3.63) is 48.0 Å². The maximum absolute atomic E-state index is 12.2. The van der Waals surface area contributed by atoms with Crippen LogP contribution in [0.2, 0.25) is 0 Å². The predicted octanol–water partition coefficient (Wildman–Crippen LogP) is 3.70. The molecule has 0 heterocycles. The molecule has 0 radical (unpaired) electrons. The second-order valence-electron chi connectivity index (χ2n) is 5.63. The Labute approximate surface area is 168 Å². The number of rotatable bonds is 9. The van der Waals surface area contributed by atoms with Crippen molar-refractivity contribution in [3.63, 3.8) is 0 Å². The molecule has 2 aromatic rings. The van der Waals surface area contributed by atoms with Crippen molar-refractivity contribution in [1.82, 2.24) is 0 Å². The monoisotopic (exact) mass is 428 g/mol. The number of hydrogen-bond acceptors (Lipinski definition) is 6. The van der Waals surface area contributed by atoms with Crippen LogP contribution in [0.15, 0.2) is 57.2 Å². The summed E-state index contributed by atoms with van der Waals surface area (Å²) in [6.07, 6.45) is 1.61. The van der Waals surface area contributed by atoms with Crippen molar-refractivity contribution >= 4 is 45.0 Å². The minimum absolute atomic E-state index is 0.110. The summed E-state index contributed by atoms with van der Waals surface area (Å²) in [4.78, 5) is 13.1. The Morgan fingerprint density at radius 3 is 2.52 bits per heavy atom. The van der Waals surface area contributed by atoms with Crippen LogP contribution in [0.5, 0.6) is 0 Å². The zero-order valence-electron chi connectivity index (χ0n) is 14.8. The lowest BCUT2D eigenvalue weighted by molar-refractivity contribution is 0.0600. The average Bonchev–Trinajstić information content (AvgIpc) is 2.65. The molecule has 0 saturated carbocycles. The van der Waals surface area contributed by atoms with Crippen LogP contribution in [0, 0.1) is 0 Å². The molecule has 3 N–H and O–H groups in total. The summed E-state index contributed by atoms with van der Waals surface area (Å²) in [7, 11) is -2.83. The molecule has 0 spiro atoms. The smallest absolute Gasteiger partial charge is 0.337 e. The molecule has 0 bridgehead atoms. The van der Waals surface area contributed by atoms with Gasteiger partial charge < -0.3 is 10.1 Å². The van der Waals surface area contributed by atoms with Gasteiger partial charge in [-0.15, -0.1) is 11.6 Å². The van der Waals surface area contributed by atoms with Crippen LogP contribution in [-0.2, 0) is 14.8 Å². The molecule has 2 aromatic carbocycles. The molecule has 9 heteroatoms. The zero-order valence-corrected chi connectivity index (χ0v) is 17.2. The standard InChI is InChI=1S/C18H21ClN2O4S2/c1-25-18(22)13-11-15(21-10-6-5-9-19)17(16(12-13)27(20,23)24)26-14-7-3-2-4-8-14/h2-4,7-8,11-12,21H,5-6,9-10H2,1H3,(H2,20,23,24). The Kier molecular flexibility index (Phi) is 7.97. The summed E-state index contributed by atoms with van der Waals surface area (Å²) in [6.45, 7) is 0.573. The molecule has 6 nitrogen and oxygen atoms in total. The van der Waals surface area contributed by atoms with Crippen LogP contribution in [0.25, 0.3) is 0 Å². The number of benzene rings is 2. The van der Waals surface area contributed by atoms with Crippen LogP contribution in [0.1, 0.15) is 23.2 Å². The van der Waals surface area contributed by atoms with Crippen LogP contribution >= 0.6 is 23.4 Å². The summed E-state index contributed by atoms with van der Waals surface area (Å²) in [5, 5.41) is 8.62. The molecule has 0 unspecified atom stereocenters. The van der Waals surface area contributed by atoms with Crippen molar-refractivity contribution in [1.29, 1.82) is 0 Å². The third-order valence-electron chi connectivity index (χ3n) is 3.62. The maximum atomic E-state index is 12.2. The Morgan fingerprint density at radius 1 is 1.22 bits per heavy atom. The van der Waals surface area contributed by atoms with Gasteiger partial charge in [-0.05, 0) is 37.1 Å². The summed E-state index contributed by atoms with van der Waals surface area (Å²) in [6, 6.07) is 12.1. The molecule has 0 saturated heterocycles. The van der Waals surface area contributed by atoms with Gasteiger partial charge in [-0.3, -0.25) is 0 Å². The largest absolute Gasteiger partial charge is 0.465 e. The van der Waals surface area contributed by atoms with Gasteiger partial charge in [0.2, 0.25) is 10.0 Å². The van der Waals surface area contributed by atoms with E-state index in [2.05, 4.69) is 5.32 Å². The molecule has 0 fully saturated rings. The normalized spacial score (nSPS) is 11.2. The number of nitrogens with two attached hydrogens (primary N) is 1. The number of unbranched alkanes of at least 4 members (excludes halogenated alkanes) is 1. The lowest BCUT2D eigenvalue weighted by Crippen LogP contribution is -2.16. The van der Waals surface area contributed by atoms with E-state index in [0.29, 0.717) is 23.0 Å². The minimum Gasteiger partial charge on any atom is -0.465 e. The van der Waals surface area contributed by atoms with Crippen LogP contribution in [0.3, 0.4) is 0 Å². The number of sulfonamides is 1. The number of esters is 1. The van der Waals surface area contributed by atoms with Crippen molar-refractivity contribution in [2.75, 3.05) is 24.9 Å². The van der Waals surface area contributed by atoms with Gasteiger partial charge in [-0.25, -0.2) is 18.4 Å². The Hall–Kier alpha value is -1.74. The summed E-state index contributed by atoms with van der Waals surface area (Å²) >= 11 is 6.96. The van der Waals surface area contributed by atoms with E-state index >= 15 is 0 Å². The van der Waals surface area contributed by atoms with Gasteiger partial charge in [0.05, 0.1) is 28.2 Å². The van der Waals surface area contributed by atoms with E-state index in [1.807, 2.05) is 30.3 Å². The number of primary sulfonamides is 1. The molecule has 0 aliphatic carbocycles. The average molecular weight is 429 g/mol. The highest BCUT2D eigenvalue weighted by atomic mass is 35.5. The van der Waals surface area contributed by atoms with Gasteiger partial charge in [0.1, 0.15) is 0 Å². The van der Waals surface area contributed by atoms with Gasteiger partial charge >= 0.3 is 5.97 Å². The molecule has 0 aromatic heterocycles. The van der Waals surface area contributed by atoms with E-state index in [0.717, 1.165) is 17.7 Å². The van der Waals surface area contributed by atoms with Gasteiger partial charge in [0.15, 0.2) is 0 Å². The van der Waals surface area contributed by atoms with Crippen molar-refractivity contribution < 1.29 is 17.9 Å². The summed E-state index contributed by atoms with van der Waals surface area (Å²) in [5.41, 5.74) is 0.615. The minimum atomic E-state index is -4.07. The number of carbonyl (C=O) groups excluding carboxylic acids is 1. The Balaban J connectivity index is 2.54. The van der Waals surface area contributed by atoms with Crippen LogP contribution in [-0.4, -0.2) is 33.9 Å². The fraction of sp³-hybridized carbons (Fsp3) is 0.278. The third-order valence-corrected chi connectivity index (χ3v) is 6.10. The molecule has 2 rings (SSSR count). The number of carbonyl (C=O) groups is 1. The first-order chi connectivity index (χ1) is 12.9. The Bertz CT molecular complexity index is 890. The molecule has 146 valence electrons. The summed E-state index contributed by atoms with van der Waals surface area (Å²) < 4.78 is 29.1. The molecule has 27 heavy (non-hydrogen) atoms. The van der Waals surface area contributed by atoms with Crippen molar-refractivity contribution in [2.45, 2.75) is 27.5 Å². The quantitative estimate of drug-likeness (QED) is 0.359. The van der Waals surface area contributed by atoms with E-state index in [4.69, 9.17) is 21.5 Å². The van der Waals surface area contributed by atoms with Crippen LogP contribution < -0.4 is 10.5 Å². The molecule has 0 aliphatic rings. The second kappa shape index (κ2) is 9.98. The fourth-order valence-electron chi connectivity index (χ4n) is 2.33. The Morgan fingerprint density at radius 2 is 1.93 bits per heavy atom. The van der Waals surface area contributed by atoms with Crippen molar-refractivity contribution in [2.24, 2.45) is 5.14 Å². The highest BCUT2D eigenvalue weighted by Crippen LogP contribution is 2.39. The van der Waals surface area contributed by atoms with E-state index in [1.54, 1.807) is 6.07 Å². The number of alkyl halides is 1. The maximum Gasteiger partial charge on any atom is 0.337 e. The summed E-state index contributed by atoms with van der Waals surface area (Å²) in [5.74, 6) is -0.0993. The van der Waals surface area contributed by atoms with Gasteiger partial charge in [-0.2, -0.15) is 0 Å². The SMILES string of the molecule is COC(=O)c1cc(NCCCCCl)c(Sc2ccccc2)c(S(N)(=O)=O)c1. The van der Waals surface area contributed by atoms with E-state index in [1.165, 1.54) is 24.9 Å². The van der Waals surface area contributed by atoms with Crippen molar-refractivity contribution in [3.8, 4) is 0 Å². The van der Waals surface area contributed by atoms with Crippen LogP contribution in [0.4, 0.5) is 5.69 Å². The molecule has 0 atom stereocenters. The molecular weight excluding hydrogens is 408 g/mol. The lowest BCUT2D eigenvalue weighted by Gasteiger charge is -2.17. The number of halogens is 1. The molecule has 0 aliphatic heterocycles. The predicted molar refractivity (Wildman–Crippen MR) is 108 cm³/mol. The van der Waals surface area contributed by atoms with E-state index in [9.17, 15) is 13.2 Å². The number of anilines is 1. The second-order valence-corrected chi connectivity index (χ2v) is 8.62. The van der Waals surface area contributed by atoms with Gasteiger partial charge in [0, 0.05) is 17.3 Å². The number of methoxy groups -OCH3 is 1. The first-order valence-corrected chi connectivity index (χ1v) is 11.1. The van der Waals surface area contributed by atoms with Gasteiger partial charge in [-0.1, -0.05) is 30.0 Å². The molecular formula is C18H21ClN2O4S2. The lowest BCUT2D eigenvalue weighted by atomic mass is 10.2. The topological polar surface area (TPSA) is 98.5 Å². The highest BCUT2D eigenvalue weighted by molar-refractivity contribution is 8.00. The zero-order chi connectivity index (χ0) is 19.9. The first kappa shape index (κ1) is 21.6. The number of ether oxygens (including phenoxy) is 1. The third kappa shape index (κ3) is 6.14. The van der Waals surface area contributed by atoms with E-state index in [-0.39, 0.29) is 10.5 Å². The fourth-order valence-corrected chi connectivity index (χ4v) is 4.59. The molecule has 0 amide bonds. The van der Waals surface area contributed by atoms with Gasteiger partial charge in [0.25, 0.3) is 0 Å².